The van der Waals surface area contributed by atoms with Crippen molar-refractivity contribution in [3.8, 4) is 0 Å². The summed E-state index contributed by atoms with van der Waals surface area (Å²) in [4.78, 5) is 25.5. The van der Waals surface area contributed by atoms with Gasteiger partial charge in [-0.25, -0.2) is 0 Å². The number of imide groups is 1. The predicted molar refractivity (Wildman–Crippen MR) is 73.0 cm³/mol. The number of hydrogen-bond donors (Lipinski definition) is 0. The van der Waals surface area contributed by atoms with Gasteiger partial charge < -0.3 is 0 Å². The lowest BCUT2D eigenvalue weighted by atomic mass is 9.95. The van der Waals surface area contributed by atoms with Gasteiger partial charge in [-0.05, 0) is 26.2 Å². The van der Waals surface area contributed by atoms with Crippen molar-refractivity contribution in [1.82, 2.24) is 4.90 Å². The van der Waals surface area contributed by atoms with Gasteiger partial charge in [0.15, 0.2) is 0 Å². The third kappa shape index (κ3) is 3.44. The third-order valence-corrected chi connectivity index (χ3v) is 3.91. The largest absolute Gasteiger partial charge is 0.278 e. The van der Waals surface area contributed by atoms with E-state index in [1.807, 2.05) is 13.8 Å². The monoisotopic (exact) mass is 251 g/mol. The van der Waals surface area contributed by atoms with Crippen molar-refractivity contribution in [2.45, 2.75) is 59.8 Å². The molecule has 0 aromatic rings. The van der Waals surface area contributed by atoms with Gasteiger partial charge in [-0.15, -0.1) is 0 Å². The van der Waals surface area contributed by atoms with Crippen LogP contribution in [0.2, 0.25) is 0 Å². The molecule has 1 aliphatic heterocycles. The minimum atomic E-state index is -0.0845. The highest BCUT2D eigenvalue weighted by Gasteiger charge is 2.30. The minimum absolute atomic E-state index is 0.0296. The van der Waals surface area contributed by atoms with Gasteiger partial charge in [0.05, 0.1) is 0 Å². The maximum atomic E-state index is 12.1. The Bertz CT molecular complexity index is 358. The van der Waals surface area contributed by atoms with Crippen LogP contribution < -0.4 is 0 Å². The number of hydrogen-bond acceptors (Lipinski definition) is 2. The molecule has 0 saturated heterocycles. The number of rotatable bonds is 6. The lowest BCUT2D eigenvalue weighted by molar-refractivity contribution is -0.144. The van der Waals surface area contributed by atoms with Gasteiger partial charge in [0.1, 0.15) is 0 Å². The Morgan fingerprint density at radius 3 is 2.44 bits per heavy atom. The van der Waals surface area contributed by atoms with Crippen LogP contribution >= 0.6 is 0 Å². The van der Waals surface area contributed by atoms with Crippen molar-refractivity contribution in [3.63, 3.8) is 0 Å². The molecule has 0 radical (unpaired) electrons. The van der Waals surface area contributed by atoms with Crippen LogP contribution in [0.1, 0.15) is 59.8 Å². The summed E-state index contributed by atoms with van der Waals surface area (Å²) in [6, 6.07) is 0. The zero-order valence-corrected chi connectivity index (χ0v) is 12.1. The van der Waals surface area contributed by atoms with Crippen LogP contribution in [0.25, 0.3) is 0 Å². The average molecular weight is 251 g/mol. The van der Waals surface area contributed by atoms with Crippen LogP contribution in [-0.2, 0) is 9.59 Å². The first-order valence-electron chi connectivity index (χ1n) is 7.02. The van der Waals surface area contributed by atoms with Crippen LogP contribution in [0, 0.1) is 5.92 Å². The number of amides is 2. The summed E-state index contributed by atoms with van der Waals surface area (Å²) in [7, 11) is 0. The van der Waals surface area contributed by atoms with Crippen molar-refractivity contribution in [3.05, 3.63) is 11.1 Å². The van der Waals surface area contributed by atoms with Crippen LogP contribution in [0.3, 0.4) is 0 Å². The molecule has 0 bridgehead atoms. The molecule has 0 aliphatic carbocycles. The topological polar surface area (TPSA) is 37.4 Å². The van der Waals surface area contributed by atoms with Gasteiger partial charge in [0.25, 0.3) is 5.91 Å². The molecule has 0 fully saturated rings. The zero-order chi connectivity index (χ0) is 13.7. The summed E-state index contributed by atoms with van der Waals surface area (Å²) in [6.07, 6.45) is 4.87. The minimum Gasteiger partial charge on any atom is -0.278 e. The average Bonchev–Trinajstić information content (AvgIpc) is 2.35. The van der Waals surface area contributed by atoms with E-state index in [0.29, 0.717) is 18.9 Å². The number of carbonyl (C=O) groups is 2. The van der Waals surface area contributed by atoms with Crippen LogP contribution in [0.5, 0.6) is 0 Å². The smallest absolute Gasteiger partial charge is 0.256 e. The molecule has 102 valence electrons. The third-order valence-electron chi connectivity index (χ3n) is 3.91. The molecule has 1 unspecified atom stereocenters. The lowest BCUT2D eigenvalue weighted by Gasteiger charge is -2.29. The highest BCUT2D eigenvalue weighted by molar-refractivity contribution is 6.08. The van der Waals surface area contributed by atoms with Crippen molar-refractivity contribution in [2.24, 2.45) is 5.92 Å². The highest BCUT2D eigenvalue weighted by atomic mass is 16.2. The maximum Gasteiger partial charge on any atom is 0.256 e. The van der Waals surface area contributed by atoms with E-state index in [4.69, 9.17) is 0 Å². The normalized spacial score (nSPS) is 18.6. The Kier molecular flexibility index (Phi) is 5.57. The number of nitrogens with zero attached hydrogens (tertiary/aromatic N) is 1. The van der Waals surface area contributed by atoms with Gasteiger partial charge in [0.2, 0.25) is 5.91 Å². The standard InChI is InChI=1S/C15H25NO2/c1-5-7-8-13(6-2)10-16-14(17)9-11(3)12(4)15(16)18/h13H,5-10H2,1-4H3. The summed E-state index contributed by atoms with van der Waals surface area (Å²) in [5, 5.41) is 0. The van der Waals surface area contributed by atoms with Gasteiger partial charge in [-0.3, -0.25) is 14.5 Å². The van der Waals surface area contributed by atoms with Crippen molar-refractivity contribution in [2.75, 3.05) is 6.54 Å². The molecule has 3 nitrogen and oxygen atoms in total. The summed E-state index contributed by atoms with van der Waals surface area (Å²) in [6.45, 7) is 8.59. The van der Waals surface area contributed by atoms with Crippen molar-refractivity contribution < 1.29 is 9.59 Å². The molecular weight excluding hydrogens is 226 g/mol. The molecule has 2 amide bonds. The first kappa shape index (κ1) is 14.9. The second-order valence-electron chi connectivity index (χ2n) is 5.31. The van der Waals surface area contributed by atoms with E-state index in [-0.39, 0.29) is 11.8 Å². The Balaban J connectivity index is 2.71. The van der Waals surface area contributed by atoms with Crippen LogP contribution in [0.15, 0.2) is 11.1 Å². The fourth-order valence-corrected chi connectivity index (χ4v) is 2.31. The van der Waals surface area contributed by atoms with Crippen LogP contribution in [0.4, 0.5) is 0 Å². The van der Waals surface area contributed by atoms with E-state index in [2.05, 4.69) is 13.8 Å². The second-order valence-corrected chi connectivity index (χ2v) is 5.31. The molecule has 3 heteroatoms. The van der Waals surface area contributed by atoms with E-state index < -0.39 is 0 Å². The van der Waals surface area contributed by atoms with Gasteiger partial charge >= 0.3 is 0 Å². The molecule has 1 rings (SSSR count). The molecular formula is C15H25NO2. The summed E-state index contributed by atoms with van der Waals surface area (Å²) in [5.41, 5.74) is 1.67. The number of unbranched alkanes of at least 4 members (excludes halogenated alkanes) is 1. The van der Waals surface area contributed by atoms with Crippen LogP contribution in [-0.4, -0.2) is 23.3 Å². The molecule has 0 aromatic heterocycles. The molecule has 0 saturated carbocycles. The Morgan fingerprint density at radius 2 is 1.89 bits per heavy atom. The van der Waals surface area contributed by atoms with E-state index in [1.165, 1.54) is 11.3 Å². The van der Waals surface area contributed by atoms with E-state index in [1.54, 1.807) is 0 Å². The summed E-state index contributed by atoms with van der Waals surface area (Å²) >= 11 is 0. The van der Waals surface area contributed by atoms with E-state index in [9.17, 15) is 9.59 Å². The van der Waals surface area contributed by atoms with Gasteiger partial charge in [0, 0.05) is 18.5 Å². The second kappa shape index (κ2) is 6.72. The SMILES string of the molecule is CCCCC(CC)CN1C(=O)CC(C)=C(C)C1=O. The van der Waals surface area contributed by atoms with Crippen molar-refractivity contribution in [1.29, 1.82) is 0 Å². The molecule has 0 aromatic carbocycles. The molecule has 0 N–H and O–H groups in total. The molecule has 1 atom stereocenters. The fraction of sp³-hybridized carbons (Fsp3) is 0.733. The highest BCUT2D eigenvalue weighted by Crippen LogP contribution is 2.22. The first-order valence-corrected chi connectivity index (χ1v) is 7.02. The molecule has 18 heavy (non-hydrogen) atoms. The number of carbonyl (C=O) groups excluding carboxylic acids is 2. The Labute approximate surface area is 110 Å². The van der Waals surface area contributed by atoms with E-state index in [0.717, 1.165) is 30.4 Å². The lowest BCUT2D eigenvalue weighted by Crippen LogP contribution is -2.43. The van der Waals surface area contributed by atoms with Gasteiger partial charge in [-0.2, -0.15) is 0 Å². The van der Waals surface area contributed by atoms with E-state index >= 15 is 0 Å². The van der Waals surface area contributed by atoms with Crippen molar-refractivity contribution >= 4 is 11.8 Å². The fourth-order valence-electron chi connectivity index (χ4n) is 2.31. The Morgan fingerprint density at radius 1 is 1.22 bits per heavy atom. The Hall–Kier alpha value is -1.12. The quantitative estimate of drug-likeness (QED) is 0.679. The summed E-state index contributed by atoms with van der Waals surface area (Å²) in [5.74, 6) is 0.334. The molecule has 1 aliphatic rings. The predicted octanol–water partition coefficient (Wildman–Crippen LogP) is 3.30. The summed E-state index contributed by atoms with van der Waals surface area (Å²) < 4.78 is 0. The molecule has 1 heterocycles. The first-order chi connectivity index (χ1) is 8.51. The van der Waals surface area contributed by atoms with Gasteiger partial charge in [-0.1, -0.05) is 38.7 Å². The maximum absolute atomic E-state index is 12.1. The molecule has 0 spiro atoms. The zero-order valence-electron chi connectivity index (χ0n) is 12.1.